The van der Waals surface area contributed by atoms with E-state index in [1.54, 1.807) is 19.0 Å². The fraction of sp³-hybridized carbons (Fsp3) is 0.680. The molecule has 1 aliphatic carbocycles. The van der Waals surface area contributed by atoms with E-state index in [9.17, 15) is 4.79 Å². The van der Waals surface area contributed by atoms with Gasteiger partial charge in [0.1, 0.15) is 6.54 Å². The smallest absolute Gasteiger partial charge is 0.243 e. The molecular weight excluding hydrogens is 386 g/mol. The van der Waals surface area contributed by atoms with Crippen molar-refractivity contribution in [2.75, 3.05) is 33.7 Å². The summed E-state index contributed by atoms with van der Waals surface area (Å²) in [6.45, 7) is 7.89. The fourth-order valence-electron chi connectivity index (χ4n) is 4.58. The summed E-state index contributed by atoms with van der Waals surface area (Å²) >= 11 is 0. The second kappa shape index (κ2) is 11.5. The molecule has 6 heteroatoms. The fourth-order valence-corrected chi connectivity index (χ4v) is 4.58. The molecule has 2 unspecified atom stereocenters. The number of aryl methyl sites for hydroxylation is 1. The predicted octanol–water partition coefficient (Wildman–Crippen LogP) is 3.16. The van der Waals surface area contributed by atoms with Crippen LogP contribution >= 0.6 is 0 Å². The van der Waals surface area contributed by atoms with Gasteiger partial charge in [-0.1, -0.05) is 44.0 Å². The number of likely N-dealkylation sites (N-methyl/N-ethyl adjacent to an activating group) is 1. The third-order valence-electron chi connectivity index (χ3n) is 6.89. The number of carbonyl (C=O) groups is 1. The third kappa shape index (κ3) is 7.23. The molecular formula is C25H41N5O. The topological polar surface area (TPSA) is 60.0 Å². The Balaban J connectivity index is 1.55. The molecule has 2 aliphatic rings. The van der Waals surface area contributed by atoms with Crippen LogP contribution in [-0.4, -0.2) is 67.5 Å². The highest BCUT2D eigenvalue weighted by molar-refractivity contribution is 5.85. The molecule has 31 heavy (non-hydrogen) atoms. The molecule has 0 bridgehead atoms. The number of hydrogen-bond acceptors (Lipinski definition) is 3. The highest BCUT2D eigenvalue weighted by Crippen LogP contribution is 2.24. The Bertz CT molecular complexity index is 739. The van der Waals surface area contributed by atoms with Crippen molar-refractivity contribution in [3.05, 3.63) is 35.4 Å². The Morgan fingerprint density at radius 3 is 2.48 bits per heavy atom. The molecule has 1 aromatic carbocycles. The summed E-state index contributed by atoms with van der Waals surface area (Å²) < 4.78 is 0. The van der Waals surface area contributed by atoms with Gasteiger partial charge in [-0.2, -0.15) is 0 Å². The number of rotatable bonds is 6. The van der Waals surface area contributed by atoms with Crippen molar-refractivity contribution in [2.24, 2.45) is 10.9 Å². The van der Waals surface area contributed by atoms with Crippen molar-refractivity contribution in [2.45, 2.75) is 71.0 Å². The summed E-state index contributed by atoms with van der Waals surface area (Å²) in [7, 11) is 3.57. The van der Waals surface area contributed by atoms with E-state index in [0.717, 1.165) is 38.4 Å². The number of aliphatic imine (C=N–C) groups is 1. The predicted molar refractivity (Wildman–Crippen MR) is 128 cm³/mol. The van der Waals surface area contributed by atoms with Crippen molar-refractivity contribution in [3.63, 3.8) is 0 Å². The highest BCUT2D eigenvalue weighted by atomic mass is 16.2. The van der Waals surface area contributed by atoms with Crippen LogP contribution < -0.4 is 10.6 Å². The number of hydrogen-bond donors (Lipinski definition) is 2. The molecule has 0 radical (unpaired) electrons. The van der Waals surface area contributed by atoms with Crippen LogP contribution in [0.5, 0.6) is 0 Å². The molecule has 1 aliphatic heterocycles. The zero-order valence-electron chi connectivity index (χ0n) is 19.9. The lowest BCUT2D eigenvalue weighted by atomic mass is 9.86. The number of nitrogens with zero attached hydrogens (tertiary/aromatic N) is 3. The van der Waals surface area contributed by atoms with E-state index < -0.39 is 0 Å². The number of likely N-dealkylation sites (tertiary alicyclic amines) is 1. The van der Waals surface area contributed by atoms with Crippen molar-refractivity contribution in [3.8, 4) is 0 Å². The minimum Gasteiger partial charge on any atom is -0.354 e. The van der Waals surface area contributed by atoms with E-state index in [2.05, 4.69) is 58.6 Å². The molecule has 3 rings (SSSR count). The van der Waals surface area contributed by atoms with Crippen LogP contribution in [0.4, 0.5) is 0 Å². The van der Waals surface area contributed by atoms with Crippen molar-refractivity contribution >= 4 is 11.9 Å². The number of nitrogens with one attached hydrogen (secondary N) is 2. The average Bonchev–Trinajstić information content (AvgIpc) is 2.76. The molecule has 1 saturated carbocycles. The number of amides is 1. The largest absolute Gasteiger partial charge is 0.354 e. The maximum Gasteiger partial charge on any atom is 0.243 e. The molecule has 0 spiro atoms. The van der Waals surface area contributed by atoms with E-state index in [0.29, 0.717) is 18.0 Å². The molecule has 2 atom stereocenters. The number of piperidine rings is 1. The molecule has 1 aromatic rings. The Morgan fingerprint density at radius 2 is 1.81 bits per heavy atom. The average molecular weight is 428 g/mol. The summed E-state index contributed by atoms with van der Waals surface area (Å²) in [5.41, 5.74) is 2.79. The number of guanidine groups is 1. The Hall–Kier alpha value is -2.08. The van der Waals surface area contributed by atoms with Crippen LogP contribution in [0.3, 0.4) is 0 Å². The normalized spacial score (nSPS) is 23.4. The van der Waals surface area contributed by atoms with Gasteiger partial charge < -0.3 is 15.5 Å². The Kier molecular flexibility index (Phi) is 8.76. The lowest BCUT2D eigenvalue weighted by Crippen LogP contribution is -2.52. The highest BCUT2D eigenvalue weighted by Gasteiger charge is 2.25. The lowest BCUT2D eigenvalue weighted by Gasteiger charge is -2.35. The van der Waals surface area contributed by atoms with E-state index >= 15 is 0 Å². The maximum atomic E-state index is 12.1. The SMILES string of the molecule is Cc1ccccc1CN1CCC(NC(=NCC(=O)N(C)C)NC2CCCCC2C)CC1. The van der Waals surface area contributed by atoms with E-state index in [4.69, 9.17) is 0 Å². The first-order chi connectivity index (χ1) is 14.9. The molecule has 1 heterocycles. The van der Waals surface area contributed by atoms with Gasteiger partial charge in [-0.25, -0.2) is 4.99 Å². The summed E-state index contributed by atoms with van der Waals surface area (Å²) in [5.74, 6) is 1.48. The monoisotopic (exact) mass is 427 g/mol. The summed E-state index contributed by atoms with van der Waals surface area (Å²) in [4.78, 5) is 20.9. The van der Waals surface area contributed by atoms with Gasteiger partial charge in [0.25, 0.3) is 0 Å². The van der Waals surface area contributed by atoms with Crippen LogP contribution in [0.1, 0.15) is 56.6 Å². The second-order valence-corrected chi connectivity index (χ2v) is 9.59. The first kappa shape index (κ1) is 23.6. The minimum absolute atomic E-state index is 0.0332. The van der Waals surface area contributed by atoms with Gasteiger partial charge in [0.05, 0.1) is 0 Å². The minimum atomic E-state index is 0.0332. The van der Waals surface area contributed by atoms with E-state index in [1.165, 1.54) is 36.8 Å². The van der Waals surface area contributed by atoms with Gasteiger partial charge in [0.2, 0.25) is 5.91 Å². The van der Waals surface area contributed by atoms with Crippen LogP contribution in [0.15, 0.2) is 29.3 Å². The molecule has 2 N–H and O–H groups in total. The maximum absolute atomic E-state index is 12.1. The molecule has 172 valence electrons. The van der Waals surface area contributed by atoms with Crippen molar-refractivity contribution in [1.29, 1.82) is 0 Å². The second-order valence-electron chi connectivity index (χ2n) is 9.59. The van der Waals surface area contributed by atoms with Crippen LogP contribution in [0.2, 0.25) is 0 Å². The first-order valence-electron chi connectivity index (χ1n) is 12.0. The van der Waals surface area contributed by atoms with Gasteiger partial charge in [-0.05, 0) is 49.7 Å². The molecule has 0 aromatic heterocycles. The third-order valence-corrected chi connectivity index (χ3v) is 6.89. The van der Waals surface area contributed by atoms with E-state index in [-0.39, 0.29) is 12.5 Å². The van der Waals surface area contributed by atoms with Gasteiger partial charge in [0.15, 0.2) is 5.96 Å². The molecule has 2 fully saturated rings. The molecule has 1 saturated heterocycles. The zero-order valence-corrected chi connectivity index (χ0v) is 19.9. The van der Waals surface area contributed by atoms with Gasteiger partial charge >= 0.3 is 0 Å². The van der Waals surface area contributed by atoms with Crippen LogP contribution in [-0.2, 0) is 11.3 Å². The zero-order chi connectivity index (χ0) is 22.2. The van der Waals surface area contributed by atoms with Crippen LogP contribution in [0, 0.1) is 12.8 Å². The van der Waals surface area contributed by atoms with Gasteiger partial charge in [0, 0.05) is 45.8 Å². The summed E-state index contributed by atoms with van der Waals surface area (Å²) in [6.07, 6.45) is 7.21. The first-order valence-corrected chi connectivity index (χ1v) is 12.0. The van der Waals surface area contributed by atoms with Crippen LogP contribution in [0.25, 0.3) is 0 Å². The van der Waals surface area contributed by atoms with Gasteiger partial charge in [-0.3, -0.25) is 9.69 Å². The lowest BCUT2D eigenvalue weighted by molar-refractivity contribution is -0.127. The quantitative estimate of drug-likeness (QED) is 0.541. The Morgan fingerprint density at radius 1 is 1.10 bits per heavy atom. The number of carbonyl (C=O) groups excluding carboxylic acids is 1. The van der Waals surface area contributed by atoms with E-state index in [1.807, 2.05) is 0 Å². The number of benzene rings is 1. The summed E-state index contributed by atoms with van der Waals surface area (Å²) in [6, 6.07) is 9.51. The van der Waals surface area contributed by atoms with Gasteiger partial charge in [-0.15, -0.1) is 0 Å². The van der Waals surface area contributed by atoms with Crippen molar-refractivity contribution in [1.82, 2.24) is 20.4 Å². The Labute approximate surface area is 188 Å². The summed E-state index contributed by atoms with van der Waals surface area (Å²) in [5, 5.41) is 7.32. The van der Waals surface area contributed by atoms with Crippen molar-refractivity contribution < 1.29 is 4.79 Å². The molecule has 6 nitrogen and oxygen atoms in total. The molecule has 1 amide bonds. The standard InChI is InChI=1S/C25H41N5O/c1-19-9-5-7-11-21(19)18-30-15-13-22(14-16-30)27-25(26-17-24(31)29(3)4)28-23-12-8-6-10-20(23)2/h5,7,9,11,20,22-23H,6,8,10,12-18H2,1-4H3,(H2,26,27,28).